The molecule has 3 heterocycles. The van der Waals surface area contributed by atoms with Crippen LogP contribution in [-0.2, 0) is 6.42 Å². The molecule has 1 amide bonds. The summed E-state index contributed by atoms with van der Waals surface area (Å²) in [7, 11) is 0. The number of nitrogens with zero attached hydrogens (tertiary/aromatic N) is 4. The van der Waals surface area contributed by atoms with Crippen molar-refractivity contribution in [2.24, 2.45) is 0 Å². The van der Waals surface area contributed by atoms with Gasteiger partial charge >= 0.3 is 0 Å². The molecule has 0 unspecified atom stereocenters. The Morgan fingerprint density at radius 3 is 2.88 bits per heavy atom. The molecule has 33 heavy (non-hydrogen) atoms. The molecule has 4 rings (SSSR count). The van der Waals surface area contributed by atoms with Gasteiger partial charge in [-0.2, -0.15) is 5.10 Å². The van der Waals surface area contributed by atoms with Crippen LogP contribution in [0.25, 0.3) is 0 Å². The lowest BCUT2D eigenvalue weighted by molar-refractivity contribution is 0.102. The van der Waals surface area contributed by atoms with Gasteiger partial charge in [-0.15, -0.1) is 10.2 Å². The Morgan fingerprint density at radius 1 is 1.30 bits per heavy atom. The Bertz CT molecular complexity index is 1150. The highest BCUT2D eigenvalue weighted by Crippen LogP contribution is 2.28. The third-order valence-electron chi connectivity index (χ3n) is 5.31. The van der Waals surface area contributed by atoms with Crippen LogP contribution in [0.2, 0.25) is 10.0 Å². The molecule has 2 aromatic heterocycles. The molecule has 174 valence electrons. The first-order valence-corrected chi connectivity index (χ1v) is 11.1. The summed E-state index contributed by atoms with van der Waals surface area (Å²) in [5.41, 5.74) is 6.82. The maximum absolute atomic E-state index is 13.7. The Labute approximate surface area is 199 Å². The number of rotatable bonds is 7. The Morgan fingerprint density at radius 2 is 2.09 bits per heavy atom. The fraction of sp³-hybridized carbons (Fsp3) is 0.333. The number of hydrogen-bond donors (Lipinski definition) is 3. The molecule has 1 aliphatic rings. The van der Waals surface area contributed by atoms with E-state index in [1.165, 1.54) is 18.2 Å². The molecule has 12 heteroatoms. The first kappa shape index (κ1) is 23.2. The van der Waals surface area contributed by atoms with Crippen LogP contribution in [0.15, 0.2) is 30.6 Å². The number of amides is 1. The van der Waals surface area contributed by atoms with Crippen molar-refractivity contribution >= 4 is 40.6 Å². The zero-order chi connectivity index (χ0) is 23.4. The quantitative estimate of drug-likeness (QED) is 0.430. The van der Waals surface area contributed by atoms with E-state index in [2.05, 4.69) is 25.9 Å². The van der Waals surface area contributed by atoms with E-state index in [1.807, 2.05) is 4.68 Å². The molecule has 9 nitrogen and oxygen atoms in total. The molecular formula is C21H22Cl2FN7O2. The molecule has 0 spiro atoms. The number of benzene rings is 1. The average molecular weight is 494 g/mol. The minimum absolute atomic E-state index is 0.0155. The third kappa shape index (κ3) is 5.52. The number of halogens is 3. The SMILES string of the molecule is Nc1nnc(C(=O)Nc2cnn(C3CCNCC3)c2)cc1OCCc1c(Cl)ccc(F)c1Cl. The van der Waals surface area contributed by atoms with Gasteiger partial charge in [-0.05, 0) is 43.6 Å². The third-order valence-corrected chi connectivity index (χ3v) is 6.07. The Kier molecular flexibility index (Phi) is 7.26. The van der Waals surface area contributed by atoms with Gasteiger partial charge in [0.25, 0.3) is 5.91 Å². The predicted octanol–water partition coefficient (Wildman–Crippen LogP) is 3.50. The maximum Gasteiger partial charge on any atom is 0.276 e. The maximum atomic E-state index is 13.7. The number of nitrogen functional groups attached to an aromatic ring is 1. The minimum Gasteiger partial charge on any atom is -0.489 e. The molecule has 0 bridgehead atoms. The van der Waals surface area contributed by atoms with Crippen molar-refractivity contribution < 1.29 is 13.9 Å². The summed E-state index contributed by atoms with van der Waals surface area (Å²) in [4.78, 5) is 12.7. The standard InChI is InChI=1S/C21H22Cl2FN7O2/c22-15-1-2-16(24)19(23)14(15)5-8-33-18-9-17(29-30-20(18)25)21(32)28-12-10-27-31(11-12)13-3-6-26-7-4-13/h1-2,9-11,13,26H,3-8H2,(H2,25,30)(H,28,32). The fourth-order valence-corrected chi connectivity index (χ4v) is 4.10. The highest BCUT2D eigenvalue weighted by molar-refractivity contribution is 6.36. The summed E-state index contributed by atoms with van der Waals surface area (Å²) in [6.45, 7) is 1.96. The second-order valence-corrected chi connectivity index (χ2v) is 8.33. The fourth-order valence-electron chi connectivity index (χ4n) is 3.54. The van der Waals surface area contributed by atoms with Gasteiger partial charge in [0.05, 0.1) is 29.6 Å². The zero-order valence-electron chi connectivity index (χ0n) is 17.5. The van der Waals surface area contributed by atoms with Gasteiger partial charge in [-0.25, -0.2) is 4.39 Å². The second kappa shape index (κ2) is 10.3. The summed E-state index contributed by atoms with van der Waals surface area (Å²) in [6.07, 6.45) is 5.57. The number of piperidine rings is 1. The van der Waals surface area contributed by atoms with Crippen molar-refractivity contribution in [1.29, 1.82) is 0 Å². The molecule has 1 fully saturated rings. The number of nitrogens with two attached hydrogens (primary N) is 1. The smallest absolute Gasteiger partial charge is 0.276 e. The van der Waals surface area contributed by atoms with E-state index >= 15 is 0 Å². The number of hydrogen-bond acceptors (Lipinski definition) is 7. The van der Waals surface area contributed by atoms with Crippen LogP contribution in [0, 0.1) is 5.82 Å². The number of carbonyl (C=O) groups is 1. The van der Waals surface area contributed by atoms with Crippen molar-refractivity contribution in [2.45, 2.75) is 25.3 Å². The van der Waals surface area contributed by atoms with Crippen LogP contribution in [0.4, 0.5) is 15.9 Å². The highest BCUT2D eigenvalue weighted by atomic mass is 35.5. The van der Waals surface area contributed by atoms with E-state index in [0.717, 1.165) is 25.9 Å². The minimum atomic E-state index is -0.566. The number of anilines is 2. The van der Waals surface area contributed by atoms with Crippen LogP contribution < -0.4 is 21.1 Å². The zero-order valence-corrected chi connectivity index (χ0v) is 19.0. The molecule has 3 aromatic rings. The average Bonchev–Trinajstić information content (AvgIpc) is 3.29. The van der Waals surface area contributed by atoms with Crippen LogP contribution in [0.5, 0.6) is 5.75 Å². The molecular weight excluding hydrogens is 472 g/mol. The monoisotopic (exact) mass is 493 g/mol. The number of carbonyl (C=O) groups excluding carboxylic acids is 1. The second-order valence-electron chi connectivity index (χ2n) is 7.54. The molecule has 1 aromatic carbocycles. The van der Waals surface area contributed by atoms with Gasteiger partial charge in [0.2, 0.25) is 0 Å². The Hall–Kier alpha value is -2.95. The van der Waals surface area contributed by atoms with Crippen LogP contribution in [0.3, 0.4) is 0 Å². The highest BCUT2D eigenvalue weighted by Gasteiger charge is 2.18. The lowest BCUT2D eigenvalue weighted by atomic mass is 10.1. The van der Waals surface area contributed by atoms with Crippen molar-refractivity contribution in [2.75, 3.05) is 30.7 Å². The molecule has 0 radical (unpaired) electrons. The van der Waals surface area contributed by atoms with Crippen molar-refractivity contribution in [3.05, 3.63) is 57.7 Å². The largest absolute Gasteiger partial charge is 0.489 e. The predicted molar refractivity (Wildman–Crippen MR) is 123 cm³/mol. The number of ether oxygens (including phenoxy) is 1. The van der Waals surface area contributed by atoms with E-state index in [9.17, 15) is 9.18 Å². The summed E-state index contributed by atoms with van der Waals surface area (Å²) < 4.78 is 21.2. The van der Waals surface area contributed by atoms with E-state index in [1.54, 1.807) is 12.4 Å². The summed E-state index contributed by atoms with van der Waals surface area (Å²) in [6, 6.07) is 4.31. The van der Waals surface area contributed by atoms with E-state index in [4.69, 9.17) is 33.7 Å². The van der Waals surface area contributed by atoms with Crippen molar-refractivity contribution in [3.8, 4) is 5.75 Å². The summed E-state index contributed by atoms with van der Waals surface area (Å²) in [5.74, 6) is -0.858. The molecule has 1 aliphatic heterocycles. The topological polar surface area (TPSA) is 120 Å². The van der Waals surface area contributed by atoms with Gasteiger partial charge < -0.3 is 21.1 Å². The van der Waals surface area contributed by atoms with Gasteiger partial charge in [-0.3, -0.25) is 9.48 Å². The van der Waals surface area contributed by atoms with Crippen LogP contribution >= 0.6 is 23.2 Å². The molecule has 4 N–H and O–H groups in total. The lowest BCUT2D eigenvalue weighted by Gasteiger charge is -2.22. The Balaban J connectivity index is 1.39. The van der Waals surface area contributed by atoms with Gasteiger partial charge in [0.15, 0.2) is 17.3 Å². The van der Waals surface area contributed by atoms with Crippen molar-refractivity contribution in [1.82, 2.24) is 25.3 Å². The first-order chi connectivity index (χ1) is 15.9. The van der Waals surface area contributed by atoms with Crippen LogP contribution in [-0.4, -0.2) is 45.6 Å². The number of aromatic nitrogens is 4. The van der Waals surface area contributed by atoms with Gasteiger partial charge in [0.1, 0.15) is 5.82 Å². The first-order valence-electron chi connectivity index (χ1n) is 10.4. The molecule has 0 atom stereocenters. The molecule has 0 aliphatic carbocycles. The van der Waals surface area contributed by atoms with Crippen LogP contribution in [0.1, 0.15) is 34.9 Å². The van der Waals surface area contributed by atoms with Gasteiger partial charge in [0, 0.05) is 23.7 Å². The lowest BCUT2D eigenvalue weighted by Crippen LogP contribution is -2.29. The van der Waals surface area contributed by atoms with E-state index in [0.29, 0.717) is 22.3 Å². The summed E-state index contributed by atoms with van der Waals surface area (Å²) >= 11 is 12.1. The molecule has 1 saturated heterocycles. The van der Waals surface area contributed by atoms with E-state index < -0.39 is 11.7 Å². The van der Waals surface area contributed by atoms with Crippen molar-refractivity contribution in [3.63, 3.8) is 0 Å². The van der Waals surface area contributed by atoms with Gasteiger partial charge in [-0.1, -0.05) is 23.2 Å². The molecule has 0 saturated carbocycles. The van der Waals surface area contributed by atoms with E-state index in [-0.39, 0.29) is 35.3 Å². The normalized spacial score (nSPS) is 14.3. The summed E-state index contributed by atoms with van der Waals surface area (Å²) in [5, 5.41) is 18.3. The number of nitrogens with one attached hydrogen (secondary N) is 2.